The van der Waals surface area contributed by atoms with Gasteiger partial charge in [-0.2, -0.15) is 5.10 Å². The Morgan fingerprint density at radius 1 is 1.39 bits per heavy atom. The highest BCUT2D eigenvalue weighted by molar-refractivity contribution is 7.71. The van der Waals surface area contributed by atoms with Gasteiger partial charge < -0.3 is 9.88 Å². The molecule has 124 valence electrons. The van der Waals surface area contributed by atoms with Crippen LogP contribution in [0.4, 0.5) is 0 Å². The molecule has 0 aliphatic rings. The number of rotatable bonds is 5. The van der Waals surface area contributed by atoms with Crippen LogP contribution in [0.3, 0.4) is 0 Å². The Morgan fingerprint density at radius 2 is 2.09 bits per heavy atom. The fourth-order valence-corrected chi connectivity index (χ4v) is 2.83. The zero-order chi connectivity index (χ0) is 17.1. The summed E-state index contributed by atoms with van der Waals surface area (Å²) in [6, 6.07) is 4.52. The SMILES string of the molecule is CCn1c([C@H](NC(=O)c2ccc(Cl)c(Cl)c2)C(C)C)n[nH]c1=S. The van der Waals surface area contributed by atoms with Crippen molar-refractivity contribution in [3.05, 3.63) is 44.4 Å². The highest BCUT2D eigenvalue weighted by atomic mass is 35.5. The molecule has 0 saturated carbocycles. The number of halogens is 2. The van der Waals surface area contributed by atoms with Crippen LogP contribution in [0.25, 0.3) is 0 Å². The summed E-state index contributed by atoms with van der Waals surface area (Å²) in [6.45, 7) is 6.68. The smallest absolute Gasteiger partial charge is 0.251 e. The van der Waals surface area contributed by atoms with Gasteiger partial charge in [0.2, 0.25) is 0 Å². The van der Waals surface area contributed by atoms with E-state index in [0.717, 1.165) is 0 Å². The van der Waals surface area contributed by atoms with Gasteiger partial charge in [-0.3, -0.25) is 9.89 Å². The van der Waals surface area contributed by atoms with Crippen molar-refractivity contribution in [3.63, 3.8) is 0 Å². The monoisotopic (exact) mass is 372 g/mol. The molecule has 2 aromatic rings. The van der Waals surface area contributed by atoms with E-state index in [1.807, 2.05) is 25.3 Å². The summed E-state index contributed by atoms with van der Waals surface area (Å²) in [4.78, 5) is 12.5. The molecule has 2 N–H and O–H groups in total. The summed E-state index contributed by atoms with van der Waals surface area (Å²) < 4.78 is 2.41. The molecule has 23 heavy (non-hydrogen) atoms. The minimum Gasteiger partial charge on any atom is -0.342 e. The van der Waals surface area contributed by atoms with E-state index >= 15 is 0 Å². The summed E-state index contributed by atoms with van der Waals surface area (Å²) in [5.41, 5.74) is 0.447. The molecule has 1 atom stereocenters. The number of nitrogens with zero attached hydrogens (tertiary/aromatic N) is 2. The number of H-pyrrole nitrogens is 1. The summed E-state index contributed by atoms with van der Waals surface area (Å²) in [6.07, 6.45) is 0. The van der Waals surface area contributed by atoms with Crippen molar-refractivity contribution in [2.75, 3.05) is 0 Å². The zero-order valence-electron chi connectivity index (χ0n) is 13.1. The van der Waals surface area contributed by atoms with Gasteiger partial charge in [-0.25, -0.2) is 0 Å². The van der Waals surface area contributed by atoms with Crippen molar-refractivity contribution in [2.24, 2.45) is 5.92 Å². The highest BCUT2D eigenvalue weighted by Gasteiger charge is 2.24. The molecule has 1 heterocycles. The Bertz CT molecular complexity index is 769. The number of nitrogens with one attached hydrogen (secondary N) is 2. The van der Waals surface area contributed by atoms with E-state index in [0.29, 0.717) is 32.7 Å². The maximum Gasteiger partial charge on any atom is 0.251 e. The van der Waals surface area contributed by atoms with Crippen molar-refractivity contribution in [2.45, 2.75) is 33.4 Å². The van der Waals surface area contributed by atoms with E-state index in [4.69, 9.17) is 35.4 Å². The molecule has 0 fully saturated rings. The van der Waals surface area contributed by atoms with E-state index in [1.165, 1.54) is 0 Å². The topological polar surface area (TPSA) is 62.7 Å². The number of amides is 1. The molecule has 0 aliphatic carbocycles. The Balaban J connectivity index is 2.30. The molecule has 0 unspecified atom stereocenters. The number of aromatic nitrogens is 3. The van der Waals surface area contributed by atoms with Crippen LogP contribution in [-0.2, 0) is 6.54 Å². The lowest BCUT2D eigenvalue weighted by molar-refractivity contribution is 0.0922. The van der Waals surface area contributed by atoms with Crippen LogP contribution in [0.1, 0.15) is 43.0 Å². The molecule has 1 aromatic heterocycles. The molecule has 0 spiro atoms. The van der Waals surface area contributed by atoms with Crippen LogP contribution in [0.5, 0.6) is 0 Å². The Morgan fingerprint density at radius 3 is 2.65 bits per heavy atom. The first-order chi connectivity index (χ1) is 10.8. The van der Waals surface area contributed by atoms with Gasteiger partial charge in [0.15, 0.2) is 10.6 Å². The normalized spacial score (nSPS) is 12.4. The van der Waals surface area contributed by atoms with Gasteiger partial charge >= 0.3 is 0 Å². The third-order valence-electron chi connectivity index (χ3n) is 3.52. The highest BCUT2D eigenvalue weighted by Crippen LogP contribution is 2.24. The second-order valence-electron chi connectivity index (χ2n) is 5.46. The van der Waals surface area contributed by atoms with Crippen molar-refractivity contribution < 1.29 is 4.79 Å². The third kappa shape index (κ3) is 3.94. The zero-order valence-corrected chi connectivity index (χ0v) is 15.4. The van der Waals surface area contributed by atoms with Crippen molar-refractivity contribution in [3.8, 4) is 0 Å². The van der Waals surface area contributed by atoms with Gasteiger partial charge in [0, 0.05) is 12.1 Å². The van der Waals surface area contributed by atoms with Gasteiger partial charge in [0.05, 0.1) is 16.1 Å². The van der Waals surface area contributed by atoms with Crippen LogP contribution < -0.4 is 5.32 Å². The minimum atomic E-state index is -0.273. The molecule has 1 aromatic carbocycles. The largest absolute Gasteiger partial charge is 0.342 e. The lowest BCUT2D eigenvalue weighted by Gasteiger charge is -2.22. The average Bonchev–Trinajstić information content (AvgIpc) is 2.87. The lowest BCUT2D eigenvalue weighted by Crippen LogP contribution is -2.33. The Labute approximate surface area is 150 Å². The molecule has 0 radical (unpaired) electrons. The molecule has 0 bridgehead atoms. The third-order valence-corrected chi connectivity index (χ3v) is 4.57. The van der Waals surface area contributed by atoms with Gasteiger partial charge in [-0.05, 0) is 43.3 Å². The maximum absolute atomic E-state index is 12.5. The lowest BCUT2D eigenvalue weighted by atomic mass is 10.0. The summed E-state index contributed by atoms with van der Waals surface area (Å²) in [7, 11) is 0. The van der Waals surface area contributed by atoms with Crippen LogP contribution >= 0.6 is 35.4 Å². The number of benzene rings is 1. The van der Waals surface area contributed by atoms with Crippen molar-refractivity contribution in [1.29, 1.82) is 0 Å². The fraction of sp³-hybridized carbons (Fsp3) is 0.400. The van der Waals surface area contributed by atoms with Crippen LogP contribution in [0, 0.1) is 10.7 Å². The number of aromatic amines is 1. The standard InChI is InChI=1S/C15H18Cl2N4OS/c1-4-21-13(19-20-15(21)23)12(8(2)3)18-14(22)9-5-6-10(16)11(17)7-9/h5-8,12H,4H2,1-3H3,(H,18,22)(H,20,23)/t12-/m1/s1. The van der Waals surface area contributed by atoms with E-state index in [-0.39, 0.29) is 17.9 Å². The summed E-state index contributed by atoms with van der Waals surface area (Å²) >= 11 is 17.1. The Hall–Kier alpha value is -1.37. The van der Waals surface area contributed by atoms with Crippen LogP contribution in [-0.4, -0.2) is 20.7 Å². The summed E-state index contributed by atoms with van der Waals surface area (Å²) in [5, 5.41) is 10.8. The van der Waals surface area contributed by atoms with E-state index in [2.05, 4.69) is 15.5 Å². The summed E-state index contributed by atoms with van der Waals surface area (Å²) in [5.74, 6) is 0.608. The fourth-order valence-electron chi connectivity index (χ4n) is 2.26. The molecule has 1 amide bonds. The van der Waals surface area contributed by atoms with Crippen molar-refractivity contribution >= 4 is 41.3 Å². The first-order valence-corrected chi connectivity index (χ1v) is 8.42. The van der Waals surface area contributed by atoms with Gasteiger partial charge in [0.1, 0.15) is 0 Å². The van der Waals surface area contributed by atoms with Crippen molar-refractivity contribution in [1.82, 2.24) is 20.1 Å². The molecule has 0 aliphatic heterocycles. The molecule has 5 nitrogen and oxygen atoms in total. The van der Waals surface area contributed by atoms with Gasteiger partial charge in [0.25, 0.3) is 5.91 Å². The predicted molar refractivity (Wildman–Crippen MR) is 94.6 cm³/mol. The molecular formula is C15H18Cl2N4OS. The van der Waals surface area contributed by atoms with E-state index < -0.39 is 0 Å². The van der Waals surface area contributed by atoms with E-state index in [1.54, 1.807) is 18.2 Å². The van der Waals surface area contributed by atoms with Crippen LogP contribution in [0.15, 0.2) is 18.2 Å². The quantitative estimate of drug-likeness (QED) is 0.764. The van der Waals surface area contributed by atoms with E-state index in [9.17, 15) is 4.79 Å². The van der Waals surface area contributed by atoms with Gasteiger partial charge in [-0.1, -0.05) is 37.0 Å². The number of hydrogen-bond acceptors (Lipinski definition) is 3. The predicted octanol–water partition coefficient (Wildman–Crippen LogP) is 4.39. The maximum atomic E-state index is 12.5. The first-order valence-electron chi connectivity index (χ1n) is 7.26. The second kappa shape index (κ2) is 7.47. The number of hydrogen-bond donors (Lipinski definition) is 2. The average molecular weight is 373 g/mol. The van der Waals surface area contributed by atoms with Crippen LogP contribution in [0.2, 0.25) is 10.0 Å². The molecule has 8 heteroatoms. The number of carbonyl (C=O) groups is 1. The molecular weight excluding hydrogens is 355 g/mol. The molecule has 0 saturated heterocycles. The second-order valence-corrected chi connectivity index (χ2v) is 6.66. The van der Waals surface area contributed by atoms with Gasteiger partial charge in [-0.15, -0.1) is 0 Å². The minimum absolute atomic E-state index is 0.136. The first kappa shape index (κ1) is 18.0. The number of carbonyl (C=O) groups excluding carboxylic acids is 1. The molecule has 2 rings (SSSR count). The Kier molecular flexibility index (Phi) is 5.84.